The van der Waals surface area contributed by atoms with Gasteiger partial charge in [-0.05, 0) is 93.3 Å². The summed E-state index contributed by atoms with van der Waals surface area (Å²) in [7, 11) is 0. The molecule has 1 aliphatic carbocycles. The summed E-state index contributed by atoms with van der Waals surface area (Å²) in [5.41, 5.74) is 2.80. The molecule has 3 aromatic heterocycles. The van der Waals surface area contributed by atoms with Crippen LogP contribution in [-0.2, 0) is 16.0 Å². The molecule has 5 heterocycles. The van der Waals surface area contributed by atoms with Gasteiger partial charge in [-0.1, -0.05) is 6.07 Å². The number of hydrogen-bond acceptors (Lipinski definition) is 13. The van der Waals surface area contributed by atoms with E-state index in [0.717, 1.165) is 81.6 Å². The van der Waals surface area contributed by atoms with Crippen LogP contribution in [0.3, 0.4) is 0 Å². The minimum atomic E-state index is -0.269. The number of nitrogens with one attached hydrogen (secondary N) is 1. The first kappa shape index (κ1) is 34.8. The van der Waals surface area contributed by atoms with Crippen molar-refractivity contribution in [2.24, 2.45) is 5.92 Å². The maximum absolute atomic E-state index is 9.70. The summed E-state index contributed by atoms with van der Waals surface area (Å²) in [4.78, 5) is 11.9. The summed E-state index contributed by atoms with van der Waals surface area (Å²) in [5.74, 6) is 1.91. The van der Waals surface area contributed by atoms with E-state index in [2.05, 4.69) is 60.3 Å². The predicted octanol–water partition coefficient (Wildman–Crippen LogP) is 4.81. The van der Waals surface area contributed by atoms with Crippen molar-refractivity contribution in [1.82, 2.24) is 44.9 Å². The zero-order valence-electron chi connectivity index (χ0n) is 29.6. The van der Waals surface area contributed by atoms with Gasteiger partial charge in [0.1, 0.15) is 29.9 Å². The Bertz CT molecular complexity index is 1740. The van der Waals surface area contributed by atoms with E-state index in [0.29, 0.717) is 54.3 Å². The summed E-state index contributed by atoms with van der Waals surface area (Å²) < 4.78 is 27.7. The van der Waals surface area contributed by atoms with Gasteiger partial charge in [-0.2, -0.15) is 5.26 Å². The molecule has 7 rings (SSSR count). The lowest BCUT2D eigenvalue weighted by atomic mass is 9.89. The van der Waals surface area contributed by atoms with Gasteiger partial charge in [0.05, 0.1) is 43.2 Å². The van der Waals surface area contributed by atoms with Crippen molar-refractivity contribution in [3.05, 3.63) is 48.7 Å². The van der Waals surface area contributed by atoms with Crippen LogP contribution in [0.2, 0.25) is 0 Å². The molecule has 4 aromatic rings. The first-order chi connectivity index (χ1) is 24.9. The van der Waals surface area contributed by atoms with Crippen molar-refractivity contribution < 1.29 is 18.9 Å². The number of rotatable bonds is 12. The van der Waals surface area contributed by atoms with Gasteiger partial charge in [-0.3, -0.25) is 9.58 Å². The minimum Gasteiger partial charge on any atom is -0.487 e. The molecule has 3 atom stereocenters. The molecule has 0 amide bonds. The molecule has 270 valence electrons. The van der Waals surface area contributed by atoms with Gasteiger partial charge in [0.15, 0.2) is 0 Å². The van der Waals surface area contributed by atoms with Crippen molar-refractivity contribution in [3.8, 4) is 28.8 Å². The summed E-state index contributed by atoms with van der Waals surface area (Å²) in [6.45, 7) is 10.8. The highest BCUT2D eigenvalue weighted by molar-refractivity contribution is 5.67. The number of anilines is 2. The van der Waals surface area contributed by atoms with Gasteiger partial charge in [-0.15, -0.1) is 10.2 Å². The van der Waals surface area contributed by atoms with Crippen molar-refractivity contribution in [3.63, 3.8) is 0 Å². The molecule has 1 aromatic carbocycles. The Kier molecular flexibility index (Phi) is 11.0. The molecule has 0 unspecified atom stereocenters. The number of nitriles is 1. The van der Waals surface area contributed by atoms with Crippen LogP contribution in [0.25, 0.3) is 11.1 Å². The molecule has 1 saturated carbocycles. The molecule has 1 N–H and O–H groups in total. The molecular formula is C36H47N11O4. The first-order valence-electron chi connectivity index (χ1n) is 18.1. The number of ether oxygens (including phenoxy) is 4. The van der Waals surface area contributed by atoms with E-state index in [1.54, 1.807) is 23.1 Å². The Morgan fingerprint density at radius 1 is 1.00 bits per heavy atom. The van der Waals surface area contributed by atoms with E-state index in [1.807, 2.05) is 25.3 Å². The third-order valence-corrected chi connectivity index (χ3v) is 10.00. The van der Waals surface area contributed by atoms with Crippen LogP contribution in [0.1, 0.15) is 70.9 Å². The highest BCUT2D eigenvalue weighted by Gasteiger charge is 2.32. The maximum atomic E-state index is 9.70. The summed E-state index contributed by atoms with van der Waals surface area (Å²) in [5, 5.41) is 29.3. The quantitative estimate of drug-likeness (QED) is 0.215. The van der Waals surface area contributed by atoms with Gasteiger partial charge in [-0.25, -0.2) is 14.6 Å². The van der Waals surface area contributed by atoms with Crippen LogP contribution >= 0.6 is 0 Å². The van der Waals surface area contributed by atoms with Crippen LogP contribution in [0, 0.1) is 17.2 Å². The normalized spacial score (nSPS) is 23.7. The average Bonchev–Trinajstić information content (AvgIpc) is 3.81. The molecule has 0 bridgehead atoms. The lowest BCUT2D eigenvalue weighted by Crippen LogP contribution is -2.51. The Labute approximate surface area is 298 Å². The predicted molar refractivity (Wildman–Crippen MR) is 188 cm³/mol. The van der Waals surface area contributed by atoms with Crippen molar-refractivity contribution in [1.29, 1.82) is 5.26 Å². The van der Waals surface area contributed by atoms with Gasteiger partial charge in [0, 0.05) is 50.3 Å². The minimum absolute atomic E-state index is 0.269. The summed E-state index contributed by atoms with van der Waals surface area (Å²) in [6.07, 6.45) is 13.7. The summed E-state index contributed by atoms with van der Waals surface area (Å²) in [6, 6.07) is 8.53. The second kappa shape index (κ2) is 16.1. The molecule has 3 aliphatic rings. The van der Waals surface area contributed by atoms with Gasteiger partial charge in [0.25, 0.3) is 5.88 Å². The van der Waals surface area contributed by atoms with Crippen LogP contribution in [0.5, 0.6) is 11.6 Å². The topological polar surface area (TPSA) is 163 Å². The molecule has 51 heavy (non-hydrogen) atoms. The van der Waals surface area contributed by atoms with Crippen LogP contribution < -0.4 is 14.8 Å². The first-order valence-corrected chi connectivity index (χ1v) is 18.1. The third-order valence-electron chi connectivity index (χ3n) is 10.00. The van der Waals surface area contributed by atoms with E-state index < -0.39 is 0 Å². The van der Waals surface area contributed by atoms with Crippen molar-refractivity contribution in [2.45, 2.75) is 96.2 Å². The fraction of sp³-hybridized carbons (Fsp3) is 0.583. The van der Waals surface area contributed by atoms with Crippen LogP contribution in [-0.4, -0.2) is 102 Å². The molecule has 0 radical (unpaired) electrons. The molecule has 2 aliphatic heterocycles. The molecule has 15 nitrogen and oxygen atoms in total. The fourth-order valence-electron chi connectivity index (χ4n) is 7.40. The monoisotopic (exact) mass is 697 g/mol. The second-order valence-electron chi connectivity index (χ2n) is 14.1. The molecule has 15 heteroatoms. The Morgan fingerprint density at radius 3 is 2.45 bits per heavy atom. The highest BCUT2D eigenvalue weighted by atomic mass is 16.5. The fourth-order valence-corrected chi connectivity index (χ4v) is 7.40. The number of nitrogens with zero attached hydrogens (tertiary/aromatic N) is 10. The second-order valence-corrected chi connectivity index (χ2v) is 14.1. The number of hydrogen-bond donors (Lipinski definition) is 1. The zero-order valence-corrected chi connectivity index (χ0v) is 29.6. The number of tetrazole rings is 1. The number of benzene rings is 1. The smallest absolute Gasteiger partial charge is 0.256 e. The van der Waals surface area contributed by atoms with E-state index >= 15 is 0 Å². The standard InChI is InChI=1S/C36H47N11O4/c1-24-18-45(19-25(2)50-24)31-6-8-32(9-7-31)47-21-33(35(42-47)49-22-27-10-12-48-13-11-27)41-36-38-16-30(17-39-36)28-4-5-29(15-37)34(14-28)51-26(3)20-46-23-40-43-44-46/h4-5,14,16-17,21,23-27,31-32H,6-13,18-20,22H2,1-3H3,(H,38,39,41)/t24-,25+,26-,31-,32-/m0/s1. The Balaban J connectivity index is 1.04. The van der Waals surface area contributed by atoms with E-state index in [4.69, 9.17) is 24.0 Å². The molecule has 3 fully saturated rings. The largest absolute Gasteiger partial charge is 0.487 e. The maximum Gasteiger partial charge on any atom is 0.256 e. The van der Waals surface area contributed by atoms with Crippen molar-refractivity contribution >= 4 is 11.6 Å². The molecule has 2 saturated heterocycles. The van der Waals surface area contributed by atoms with E-state index in [9.17, 15) is 5.26 Å². The third kappa shape index (κ3) is 8.81. The van der Waals surface area contributed by atoms with E-state index in [-0.39, 0.29) is 18.3 Å². The lowest BCUT2D eigenvalue weighted by Gasteiger charge is -2.42. The van der Waals surface area contributed by atoms with E-state index in [1.165, 1.54) is 6.33 Å². The zero-order chi connectivity index (χ0) is 35.2. The van der Waals surface area contributed by atoms with Gasteiger partial charge in [0.2, 0.25) is 5.95 Å². The highest BCUT2D eigenvalue weighted by Crippen LogP contribution is 2.36. The SMILES string of the molecule is C[C@@H]1CN([C@H]2CC[C@H](n3cc(Nc4ncc(-c5ccc(C#N)c(O[C@@H](C)Cn6cnnn6)c5)cn4)c(OCC4CCOCC4)n3)CC2)C[C@H](C)O1. The Morgan fingerprint density at radius 2 is 1.75 bits per heavy atom. The number of aromatic nitrogens is 8. The Hall–Kier alpha value is -4.65. The van der Waals surface area contributed by atoms with Crippen LogP contribution in [0.4, 0.5) is 11.6 Å². The van der Waals surface area contributed by atoms with Crippen molar-refractivity contribution in [2.75, 3.05) is 38.2 Å². The number of morpholine rings is 1. The summed E-state index contributed by atoms with van der Waals surface area (Å²) >= 11 is 0. The van der Waals surface area contributed by atoms with Crippen LogP contribution in [0.15, 0.2) is 43.1 Å². The average molecular weight is 698 g/mol. The molecular weight excluding hydrogens is 650 g/mol. The van der Waals surface area contributed by atoms with Gasteiger partial charge >= 0.3 is 0 Å². The lowest BCUT2D eigenvalue weighted by molar-refractivity contribution is -0.0852. The molecule has 0 spiro atoms. The van der Waals surface area contributed by atoms with Gasteiger partial charge < -0.3 is 24.3 Å².